The summed E-state index contributed by atoms with van der Waals surface area (Å²) in [4.78, 5) is 18.0. The first-order valence-electron chi connectivity index (χ1n) is 9.07. The van der Waals surface area contributed by atoms with Crippen molar-refractivity contribution in [2.24, 2.45) is 0 Å². The van der Waals surface area contributed by atoms with E-state index in [0.29, 0.717) is 0 Å². The van der Waals surface area contributed by atoms with Crippen molar-refractivity contribution < 1.29 is 9.18 Å². The molecule has 0 saturated carbocycles. The number of halogens is 1. The lowest BCUT2D eigenvalue weighted by Gasteiger charge is -2.16. The van der Waals surface area contributed by atoms with Crippen LogP contribution in [0.4, 0.5) is 4.39 Å². The molecule has 6 heteroatoms. The number of rotatable bonds is 5. The highest BCUT2D eigenvalue weighted by Crippen LogP contribution is 2.24. The first-order chi connectivity index (χ1) is 13.5. The molecule has 0 aliphatic rings. The highest BCUT2D eigenvalue weighted by Gasteiger charge is 2.15. The van der Waals surface area contributed by atoms with Gasteiger partial charge in [0.05, 0.1) is 18.2 Å². The molecule has 0 spiro atoms. The van der Waals surface area contributed by atoms with E-state index in [9.17, 15) is 9.18 Å². The van der Waals surface area contributed by atoms with Crippen molar-refractivity contribution in [2.75, 3.05) is 0 Å². The maximum atomic E-state index is 13.1. The second kappa shape index (κ2) is 7.56. The van der Waals surface area contributed by atoms with Crippen LogP contribution in [-0.4, -0.2) is 15.3 Å². The zero-order valence-corrected chi connectivity index (χ0v) is 16.5. The second-order valence-corrected chi connectivity index (χ2v) is 7.67. The minimum absolute atomic E-state index is 0.0347. The summed E-state index contributed by atoms with van der Waals surface area (Å²) in [6.45, 7) is 4.04. The average molecular weight is 393 g/mol. The Morgan fingerprint density at radius 2 is 1.96 bits per heavy atom. The van der Waals surface area contributed by atoms with E-state index in [4.69, 9.17) is 0 Å². The van der Waals surface area contributed by atoms with Gasteiger partial charge in [-0.15, -0.1) is 11.3 Å². The van der Waals surface area contributed by atoms with E-state index in [1.165, 1.54) is 23.5 Å². The van der Waals surface area contributed by atoms with Gasteiger partial charge in [-0.05, 0) is 49.2 Å². The van der Waals surface area contributed by atoms with Crippen LogP contribution in [0, 0.1) is 12.7 Å². The number of carbonyl (C=O) groups excluding carboxylic acids is 1. The summed E-state index contributed by atoms with van der Waals surface area (Å²) in [5.41, 5.74) is 4.78. The van der Waals surface area contributed by atoms with Gasteiger partial charge in [-0.1, -0.05) is 24.3 Å². The van der Waals surface area contributed by atoms with E-state index in [0.717, 1.165) is 33.0 Å². The number of nitrogens with one attached hydrogen (secondary N) is 1. The first-order valence-corrected chi connectivity index (χ1v) is 9.95. The van der Waals surface area contributed by atoms with Crippen LogP contribution in [0.25, 0.3) is 16.2 Å². The molecule has 1 amide bonds. The molecule has 4 nitrogen and oxygen atoms in total. The van der Waals surface area contributed by atoms with Crippen LogP contribution in [-0.2, 0) is 11.2 Å². The zero-order valence-electron chi connectivity index (χ0n) is 15.6. The number of hydrogen-bond donors (Lipinski definition) is 1. The van der Waals surface area contributed by atoms with Crippen molar-refractivity contribution in [3.05, 3.63) is 82.7 Å². The Kier molecular flexibility index (Phi) is 4.96. The van der Waals surface area contributed by atoms with Gasteiger partial charge in [0.1, 0.15) is 5.82 Å². The third-order valence-electron chi connectivity index (χ3n) is 4.80. The number of imidazole rings is 1. The van der Waals surface area contributed by atoms with Crippen LogP contribution in [0.3, 0.4) is 0 Å². The van der Waals surface area contributed by atoms with Crippen molar-refractivity contribution >= 4 is 22.2 Å². The Bertz CT molecular complexity index is 1130. The summed E-state index contributed by atoms with van der Waals surface area (Å²) in [5, 5.41) is 5.03. The lowest BCUT2D eigenvalue weighted by Crippen LogP contribution is -2.28. The van der Waals surface area contributed by atoms with E-state index in [2.05, 4.69) is 10.3 Å². The van der Waals surface area contributed by atoms with Gasteiger partial charge in [-0.25, -0.2) is 9.37 Å². The molecular weight excluding hydrogens is 373 g/mol. The molecule has 142 valence electrons. The molecule has 0 bridgehead atoms. The maximum absolute atomic E-state index is 13.1. The molecule has 4 rings (SSSR count). The Morgan fingerprint density at radius 3 is 2.71 bits per heavy atom. The Labute approximate surface area is 166 Å². The Morgan fingerprint density at radius 1 is 1.21 bits per heavy atom. The van der Waals surface area contributed by atoms with Gasteiger partial charge in [-0.3, -0.25) is 9.20 Å². The molecule has 0 saturated heterocycles. The fourth-order valence-corrected chi connectivity index (χ4v) is 4.20. The van der Waals surface area contributed by atoms with Gasteiger partial charge in [0.25, 0.3) is 0 Å². The largest absolute Gasteiger partial charge is 0.349 e. The van der Waals surface area contributed by atoms with Crippen LogP contribution in [0.5, 0.6) is 0 Å². The standard InChI is InChI=1S/C22H20FN3OS/c1-14-5-3-4-6-19(14)15(2)24-21(27)11-18-13-28-22-25-20(12-26(18)22)16-7-9-17(23)10-8-16/h3-10,12-13,15H,11H2,1-2H3,(H,24,27)/t15-/m1/s1. The van der Waals surface area contributed by atoms with E-state index in [1.807, 2.05) is 54.1 Å². The summed E-state index contributed by atoms with van der Waals surface area (Å²) < 4.78 is 15.1. The highest BCUT2D eigenvalue weighted by atomic mass is 32.1. The molecule has 0 fully saturated rings. The predicted octanol–water partition coefficient (Wildman–Crippen LogP) is 4.93. The van der Waals surface area contributed by atoms with Gasteiger partial charge in [0.2, 0.25) is 5.91 Å². The molecule has 2 aromatic heterocycles. The number of carbonyl (C=O) groups is 1. The minimum Gasteiger partial charge on any atom is -0.349 e. The van der Waals surface area contributed by atoms with E-state index >= 15 is 0 Å². The summed E-state index contributed by atoms with van der Waals surface area (Å²) in [5.74, 6) is -0.308. The smallest absolute Gasteiger partial charge is 0.226 e. The number of amides is 1. The van der Waals surface area contributed by atoms with Crippen LogP contribution in [0.15, 0.2) is 60.1 Å². The number of thiazole rings is 1. The van der Waals surface area contributed by atoms with Crippen molar-refractivity contribution in [2.45, 2.75) is 26.3 Å². The fraction of sp³-hybridized carbons (Fsp3) is 0.182. The maximum Gasteiger partial charge on any atom is 0.226 e. The summed E-state index contributed by atoms with van der Waals surface area (Å²) in [6.07, 6.45) is 2.17. The van der Waals surface area contributed by atoms with Crippen LogP contribution >= 0.6 is 11.3 Å². The number of hydrogen-bond acceptors (Lipinski definition) is 3. The molecule has 0 unspecified atom stereocenters. The average Bonchev–Trinajstić information content (AvgIpc) is 3.24. The fourth-order valence-electron chi connectivity index (χ4n) is 3.32. The third kappa shape index (κ3) is 3.68. The topological polar surface area (TPSA) is 46.4 Å². The predicted molar refractivity (Wildman–Crippen MR) is 110 cm³/mol. The van der Waals surface area contributed by atoms with Gasteiger partial charge in [0, 0.05) is 22.8 Å². The summed E-state index contributed by atoms with van der Waals surface area (Å²) >= 11 is 1.49. The molecule has 2 heterocycles. The zero-order chi connectivity index (χ0) is 19.7. The van der Waals surface area contributed by atoms with Crippen LogP contribution < -0.4 is 5.32 Å². The number of benzene rings is 2. The van der Waals surface area contributed by atoms with Gasteiger partial charge >= 0.3 is 0 Å². The molecule has 4 aromatic rings. The SMILES string of the molecule is Cc1ccccc1[C@@H](C)NC(=O)Cc1csc2nc(-c3ccc(F)cc3)cn12. The van der Waals surface area contributed by atoms with Crippen molar-refractivity contribution in [1.29, 1.82) is 0 Å². The lowest BCUT2D eigenvalue weighted by molar-refractivity contribution is -0.121. The second-order valence-electron chi connectivity index (χ2n) is 6.84. The number of nitrogens with zero attached hydrogens (tertiary/aromatic N) is 2. The first kappa shape index (κ1) is 18.4. The van der Waals surface area contributed by atoms with Crippen LogP contribution in [0.1, 0.15) is 29.8 Å². The van der Waals surface area contributed by atoms with Crippen LogP contribution in [0.2, 0.25) is 0 Å². The minimum atomic E-state index is -0.273. The van der Waals surface area contributed by atoms with Gasteiger partial charge in [0.15, 0.2) is 4.96 Å². The van der Waals surface area contributed by atoms with E-state index < -0.39 is 0 Å². The summed E-state index contributed by atoms with van der Waals surface area (Å²) in [6, 6.07) is 14.3. The number of fused-ring (bicyclic) bond motifs is 1. The van der Waals surface area contributed by atoms with Gasteiger partial charge < -0.3 is 5.32 Å². The lowest BCUT2D eigenvalue weighted by atomic mass is 10.0. The number of aromatic nitrogens is 2. The quantitative estimate of drug-likeness (QED) is 0.523. The van der Waals surface area contributed by atoms with Crippen molar-refractivity contribution in [3.63, 3.8) is 0 Å². The molecule has 0 aliphatic carbocycles. The normalized spacial score (nSPS) is 12.2. The molecule has 0 aliphatic heterocycles. The molecule has 1 N–H and O–H groups in total. The summed E-state index contributed by atoms with van der Waals surface area (Å²) in [7, 11) is 0. The van der Waals surface area contributed by atoms with Crippen molar-refractivity contribution in [3.8, 4) is 11.3 Å². The van der Waals surface area contributed by atoms with E-state index in [-0.39, 0.29) is 24.2 Å². The van der Waals surface area contributed by atoms with Gasteiger partial charge in [-0.2, -0.15) is 0 Å². The van der Waals surface area contributed by atoms with Crippen molar-refractivity contribution in [1.82, 2.24) is 14.7 Å². The molecule has 28 heavy (non-hydrogen) atoms. The highest BCUT2D eigenvalue weighted by molar-refractivity contribution is 7.15. The molecule has 2 aromatic carbocycles. The monoisotopic (exact) mass is 393 g/mol. The number of aryl methyl sites for hydroxylation is 1. The molecule has 1 atom stereocenters. The Hall–Kier alpha value is -2.99. The molecular formula is C22H20FN3OS. The van der Waals surface area contributed by atoms with E-state index in [1.54, 1.807) is 12.1 Å². The third-order valence-corrected chi connectivity index (χ3v) is 5.69. The Balaban J connectivity index is 1.51. The molecule has 0 radical (unpaired) electrons.